The molecule has 0 aliphatic rings. The number of aryl methyl sites for hydroxylation is 3. The molecule has 1 aromatic heterocycles. The minimum absolute atomic E-state index is 0. The van der Waals surface area contributed by atoms with Crippen LogP contribution in [-0.2, 0) is 7.05 Å². The molecular formula is C16H23N3OSi+. The molecule has 4 nitrogen and oxygen atoms in total. The van der Waals surface area contributed by atoms with Gasteiger partial charge in [0, 0.05) is 24.5 Å². The van der Waals surface area contributed by atoms with Crippen molar-refractivity contribution in [2.75, 3.05) is 0 Å². The van der Waals surface area contributed by atoms with Gasteiger partial charge in [0.25, 0.3) is 9.04 Å². The van der Waals surface area contributed by atoms with E-state index in [1.54, 1.807) is 0 Å². The molecule has 2 rings (SSSR count). The minimum atomic E-state index is -0.814. The molecule has 0 spiro atoms. The summed E-state index contributed by atoms with van der Waals surface area (Å²) in [7, 11) is 1.11. The Morgan fingerprint density at radius 1 is 1.33 bits per heavy atom. The molecule has 0 atom stereocenters. The van der Waals surface area contributed by atoms with Gasteiger partial charge < -0.3 is 4.43 Å². The number of benzene rings is 1. The second kappa shape index (κ2) is 6.26. The molecule has 0 unspecified atom stereocenters. The van der Waals surface area contributed by atoms with Gasteiger partial charge in [0.1, 0.15) is 11.4 Å². The van der Waals surface area contributed by atoms with Crippen LogP contribution in [0.25, 0.3) is 0 Å². The lowest BCUT2D eigenvalue weighted by molar-refractivity contribution is 0.581. The summed E-state index contributed by atoms with van der Waals surface area (Å²) in [6.45, 7) is 10.3. The first-order valence-corrected chi connectivity index (χ1v) is 9.42. The van der Waals surface area contributed by atoms with E-state index in [-0.39, 0.29) is 1.43 Å². The van der Waals surface area contributed by atoms with Crippen molar-refractivity contribution in [3.63, 3.8) is 0 Å². The summed E-state index contributed by atoms with van der Waals surface area (Å²) in [6, 6.07) is 6.14. The molecule has 2 aromatic rings. The maximum atomic E-state index is 5.97. The van der Waals surface area contributed by atoms with Gasteiger partial charge in [-0.15, -0.1) is 0 Å². The first-order chi connectivity index (χ1) is 9.86. The van der Waals surface area contributed by atoms with Crippen molar-refractivity contribution < 1.29 is 5.85 Å². The van der Waals surface area contributed by atoms with Crippen LogP contribution in [-0.4, -0.2) is 24.5 Å². The third-order valence-corrected chi connectivity index (χ3v) is 3.75. The summed E-state index contributed by atoms with van der Waals surface area (Å²) >= 11 is 0. The molecule has 0 bridgehead atoms. The van der Waals surface area contributed by atoms with E-state index < -0.39 is 9.04 Å². The van der Waals surface area contributed by atoms with Crippen LogP contribution in [0.1, 0.15) is 25.2 Å². The Morgan fingerprint density at radius 3 is 2.62 bits per heavy atom. The number of hydrogen-bond donors (Lipinski definition) is 0. The Balaban J connectivity index is 0.00000242. The largest absolute Gasteiger partial charge is 1.00 e. The second-order valence-corrected chi connectivity index (χ2v) is 7.50. The van der Waals surface area contributed by atoms with Crippen molar-refractivity contribution >= 4 is 20.4 Å². The molecule has 0 fully saturated rings. The van der Waals surface area contributed by atoms with Crippen LogP contribution in [0.2, 0.25) is 13.1 Å². The Kier molecular flexibility index (Phi) is 4.62. The molecule has 5 heteroatoms. The predicted molar refractivity (Wildman–Crippen MR) is 90.2 cm³/mol. The fourth-order valence-electron chi connectivity index (χ4n) is 2.21. The number of aromatic nitrogens is 2. The summed E-state index contributed by atoms with van der Waals surface area (Å²) in [5.74, 6) is 0.870. The fourth-order valence-corrected chi connectivity index (χ4v) is 2.81. The van der Waals surface area contributed by atoms with E-state index in [9.17, 15) is 0 Å². The van der Waals surface area contributed by atoms with Gasteiger partial charge in [0.15, 0.2) is 0 Å². The molecule has 0 amide bonds. The van der Waals surface area contributed by atoms with Gasteiger partial charge >= 0.3 is 1.43 Å². The van der Waals surface area contributed by atoms with E-state index in [1.807, 2.05) is 37.8 Å². The van der Waals surface area contributed by atoms with Crippen LogP contribution in [0.15, 0.2) is 29.4 Å². The van der Waals surface area contributed by atoms with Crippen molar-refractivity contribution in [2.45, 2.75) is 33.9 Å². The third kappa shape index (κ3) is 3.82. The van der Waals surface area contributed by atoms with E-state index in [0.717, 1.165) is 28.4 Å². The lowest BCUT2D eigenvalue weighted by Gasteiger charge is -2.12. The molecule has 21 heavy (non-hydrogen) atoms. The number of hydrogen-bond acceptors (Lipinski definition) is 3. The van der Waals surface area contributed by atoms with Gasteiger partial charge in [-0.2, -0.15) is 5.10 Å². The van der Waals surface area contributed by atoms with Crippen molar-refractivity contribution in [3.05, 3.63) is 41.2 Å². The third-order valence-electron chi connectivity index (χ3n) is 3.12. The topological polar surface area (TPSA) is 39.4 Å². The Labute approximate surface area is 129 Å². The Bertz CT molecular complexity index is 680. The molecule has 0 saturated carbocycles. The number of nitrogens with zero attached hydrogens (tertiary/aromatic N) is 3. The van der Waals surface area contributed by atoms with E-state index in [1.165, 1.54) is 5.56 Å². The molecule has 0 N–H and O–H groups in total. The highest BCUT2D eigenvalue weighted by molar-refractivity contribution is 6.49. The highest BCUT2D eigenvalue weighted by atomic mass is 28.3. The quantitative estimate of drug-likeness (QED) is 0.634. The molecule has 111 valence electrons. The van der Waals surface area contributed by atoms with Gasteiger partial charge in [-0.1, -0.05) is 6.07 Å². The minimum Gasteiger partial charge on any atom is -0.541 e. The van der Waals surface area contributed by atoms with Gasteiger partial charge in [-0.25, -0.2) is 4.99 Å². The molecule has 0 saturated heterocycles. The van der Waals surface area contributed by atoms with Crippen molar-refractivity contribution in [1.82, 2.24) is 9.78 Å². The second-order valence-electron chi connectivity index (χ2n) is 5.48. The molecule has 1 aromatic carbocycles. The van der Waals surface area contributed by atoms with E-state index in [0.29, 0.717) is 0 Å². The average Bonchev–Trinajstić information content (AvgIpc) is 2.71. The van der Waals surface area contributed by atoms with Crippen molar-refractivity contribution in [3.8, 4) is 5.75 Å². The smallest absolute Gasteiger partial charge is 0.541 e. The first-order valence-electron chi connectivity index (χ1n) is 7.01. The standard InChI is InChI=1S/C16H22N3OSi/c1-11-7-8-15(16(9-11)20-21(5)6)17-12(2)14-10-19(4)18-13(14)3/h7-10H,1-6H3/p+1. The van der Waals surface area contributed by atoms with Gasteiger partial charge in [-0.3, -0.25) is 4.68 Å². The fraction of sp³-hybridized carbons (Fsp3) is 0.375. The summed E-state index contributed by atoms with van der Waals surface area (Å²) < 4.78 is 7.79. The number of aliphatic imine (C=N–C) groups is 1. The van der Waals surface area contributed by atoms with Crippen LogP contribution in [0.3, 0.4) is 0 Å². The molecule has 0 aliphatic carbocycles. The van der Waals surface area contributed by atoms with Crippen molar-refractivity contribution in [1.29, 1.82) is 0 Å². The first kappa shape index (κ1) is 15.5. The van der Waals surface area contributed by atoms with Crippen LogP contribution in [0.4, 0.5) is 5.69 Å². The lowest BCUT2D eigenvalue weighted by atomic mass is 10.1. The highest BCUT2D eigenvalue weighted by Crippen LogP contribution is 2.30. The highest BCUT2D eigenvalue weighted by Gasteiger charge is 2.10. The van der Waals surface area contributed by atoms with E-state index in [4.69, 9.17) is 9.42 Å². The SMILES string of the molecule is CC(=Nc1ccc(C)cc1O[Si](C)C)c1cn(C)nc1C.[H+]. The zero-order valence-corrected chi connectivity index (χ0v) is 14.6. The van der Waals surface area contributed by atoms with Crippen LogP contribution >= 0.6 is 0 Å². The molecule has 0 aliphatic heterocycles. The maximum Gasteiger partial charge on any atom is 1.00 e. The summed E-state index contributed by atoms with van der Waals surface area (Å²) in [4.78, 5) is 4.75. The predicted octanol–water partition coefficient (Wildman–Crippen LogP) is 3.92. The molecule has 1 heterocycles. The number of rotatable bonds is 4. The monoisotopic (exact) mass is 301 g/mol. The average molecular weight is 301 g/mol. The summed E-state index contributed by atoms with van der Waals surface area (Å²) in [5.41, 5.74) is 5.08. The lowest BCUT2D eigenvalue weighted by Crippen LogP contribution is -2.11. The van der Waals surface area contributed by atoms with Gasteiger partial charge in [0.05, 0.1) is 5.69 Å². The van der Waals surface area contributed by atoms with E-state index >= 15 is 0 Å². The maximum absolute atomic E-state index is 5.97. The van der Waals surface area contributed by atoms with Crippen LogP contribution < -0.4 is 4.43 Å². The summed E-state index contributed by atoms with van der Waals surface area (Å²) in [5, 5.41) is 4.37. The summed E-state index contributed by atoms with van der Waals surface area (Å²) in [6.07, 6.45) is 2.00. The van der Waals surface area contributed by atoms with Gasteiger partial charge in [-0.05, 0) is 51.6 Å². The Morgan fingerprint density at radius 2 is 2.05 bits per heavy atom. The van der Waals surface area contributed by atoms with E-state index in [2.05, 4.69) is 37.2 Å². The van der Waals surface area contributed by atoms with Crippen LogP contribution in [0.5, 0.6) is 5.75 Å². The Hall–Kier alpha value is -1.88. The zero-order valence-electron chi connectivity index (χ0n) is 14.6. The molecule has 1 radical (unpaired) electrons. The van der Waals surface area contributed by atoms with Gasteiger partial charge in [0.2, 0.25) is 0 Å². The van der Waals surface area contributed by atoms with Crippen molar-refractivity contribution in [2.24, 2.45) is 12.0 Å². The molecular weight excluding hydrogens is 278 g/mol. The normalized spacial score (nSPS) is 12.0. The van der Waals surface area contributed by atoms with Crippen LogP contribution in [0, 0.1) is 13.8 Å². The zero-order chi connectivity index (χ0) is 15.6.